The van der Waals surface area contributed by atoms with Crippen molar-refractivity contribution in [3.8, 4) is 5.19 Å². The third-order valence-corrected chi connectivity index (χ3v) is 3.04. The Bertz CT molecular complexity index is 257. The first-order valence-corrected chi connectivity index (χ1v) is 4.89. The van der Waals surface area contributed by atoms with Crippen molar-refractivity contribution >= 4 is 11.3 Å². The third-order valence-electron chi connectivity index (χ3n) is 2.06. The Labute approximate surface area is 75.8 Å². The summed E-state index contributed by atoms with van der Waals surface area (Å²) in [5.41, 5.74) is 0. The summed E-state index contributed by atoms with van der Waals surface area (Å²) >= 11 is 1.65. The van der Waals surface area contributed by atoms with Crippen molar-refractivity contribution in [1.82, 2.24) is 10.3 Å². The zero-order valence-corrected chi connectivity index (χ0v) is 7.86. The Hall–Kier alpha value is -0.610. The first kappa shape index (κ1) is 8.01. The normalized spacial score (nSPS) is 17.4. The molecule has 66 valence electrons. The molecule has 0 saturated carbocycles. The van der Waals surface area contributed by atoms with E-state index in [2.05, 4.69) is 10.3 Å². The van der Waals surface area contributed by atoms with E-state index in [0.717, 1.165) is 30.6 Å². The Morgan fingerprint density at radius 1 is 1.75 bits per heavy atom. The molecule has 0 radical (unpaired) electrons. The predicted molar refractivity (Wildman–Crippen MR) is 48.7 cm³/mol. The van der Waals surface area contributed by atoms with E-state index in [9.17, 15) is 0 Å². The number of hydrogen-bond acceptors (Lipinski definition) is 4. The summed E-state index contributed by atoms with van der Waals surface area (Å²) in [5, 5.41) is 4.03. The molecule has 1 aliphatic rings. The molecule has 0 amide bonds. The second-order valence-electron chi connectivity index (χ2n) is 3.03. The number of methoxy groups -OCH3 is 1. The number of nitrogens with one attached hydrogen (secondary N) is 1. The number of hydrogen-bond donors (Lipinski definition) is 1. The molecule has 1 aromatic heterocycles. The van der Waals surface area contributed by atoms with Gasteiger partial charge in [-0.1, -0.05) is 11.3 Å². The fourth-order valence-electron chi connectivity index (χ4n) is 1.26. The van der Waals surface area contributed by atoms with Crippen LogP contribution in [0.1, 0.15) is 4.88 Å². The van der Waals surface area contributed by atoms with Crippen molar-refractivity contribution < 1.29 is 4.74 Å². The molecule has 1 saturated heterocycles. The van der Waals surface area contributed by atoms with E-state index in [1.165, 1.54) is 4.88 Å². The Morgan fingerprint density at radius 3 is 3.08 bits per heavy atom. The lowest BCUT2D eigenvalue weighted by Gasteiger charge is -2.26. The van der Waals surface area contributed by atoms with Crippen LogP contribution in [0.25, 0.3) is 0 Å². The number of rotatable bonds is 3. The van der Waals surface area contributed by atoms with Crippen LogP contribution in [-0.2, 0) is 6.42 Å². The van der Waals surface area contributed by atoms with Crippen molar-refractivity contribution in [2.75, 3.05) is 20.2 Å². The molecule has 0 aliphatic carbocycles. The minimum Gasteiger partial charge on any atom is -0.473 e. The second kappa shape index (κ2) is 3.41. The lowest BCUT2D eigenvalue weighted by molar-refractivity contribution is 0.348. The van der Waals surface area contributed by atoms with Crippen molar-refractivity contribution in [2.45, 2.75) is 6.42 Å². The lowest BCUT2D eigenvalue weighted by Crippen LogP contribution is -2.42. The van der Waals surface area contributed by atoms with Gasteiger partial charge in [-0.15, -0.1) is 0 Å². The maximum Gasteiger partial charge on any atom is 0.273 e. The van der Waals surface area contributed by atoms with Gasteiger partial charge in [0.25, 0.3) is 5.19 Å². The highest BCUT2D eigenvalue weighted by atomic mass is 32.1. The monoisotopic (exact) mass is 184 g/mol. The van der Waals surface area contributed by atoms with Gasteiger partial charge in [0, 0.05) is 11.1 Å². The predicted octanol–water partition coefficient (Wildman–Crippen LogP) is 0.914. The molecule has 0 aromatic carbocycles. The van der Waals surface area contributed by atoms with Crippen LogP contribution in [0.3, 0.4) is 0 Å². The van der Waals surface area contributed by atoms with Gasteiger partial charge in [-0.05, 0) is 25.4 Å². The Kier molecular flexibility index (Phi) is 2.28. The summed E-state index contributed by atoms with van der Waals surface area (Å²) in [4.78, 5) is 5.45. The summed E-state index contributed by atoms with van der Waals surface area (Å²) in [6.07, 6.45) is 3.07. The minimum absolute atomic E-state index is 0.775. The fraction of sp³-hybridized carbons (Fsp3) is 0.625. The second-order valence-corrected chi connectivity index (χ2v) is 4.10. The summed E-state index contributed by atoms with van der Waals surface area (Å²) in [6.45, 7) is 2.31. The van der Waals surface area contributed by atoms with Crippen LogP contribution < -0.4 is 10.1 Å². The van der Waals surface area contributed by atoms with E-state index in [0.29, 0.717) is 0 Å². The standard InChI is InChI=1S/C8H12N2OS/c1-11-8-10-5-7(12-8)2-6-3-9-4-6/h5-6,9H,2-4H2,1H3. The third kappa shape index (κ3) is 1.59. The van der Waals surface area contributed by atoms with Crippen LogP contribution in [0.5, 0.6) is 5.19 Å². The lowest BCUT2D eigenvalue weighted by atomic mass is 9.99. The first-order valence-electron chi connectivity index (χ1n) is 4.08. The number of aromatic nitrogens is 1. The van der Waals surface area contributed by atoms with Crippen LogP contribution in [0.2, 0.25) is 0 Å². The number of thiazole rings is 1. The quantitative estimate of drug-likeness (QED) is 0.758. The molecule has 0 bridgehead atoms. The highest BCUT2D eigenvalue weighted by molar-refractivity contribution is 7.13. The SMILES string of the molecule is COc1ncc(CC2CNC2)s1. The maximum atomic E-state index is 5.02. The van der Waals surface area contributed by atoms with E-state index < -0.39 is 0 Å². The molecule has 4 heteroatoms. The summed E-state index contributed by atoms with van der Waals surface area (Å²) in [6, 6.07) is 0. The van der Waals surface area contributed by atoms with Crippen LogP contribution in [0.15, 0.2) is 6.20 Å². The van der Waals surface area contributed by atoms with Crippen LogP contribution >= 0.6 is 11.3 Å². The van der Waals surface area contributed by atoms with Crippen LogP contribution in [0.4, 0.5) is 0 Å². The molecule has 12 heavy (non-hydrogen) atoms. The molecule has 2 heterocycles. The van der Waals surface area contributed by atoms with Gasteiger partial charge in [-0.2, -0.15) is 0 Å². The van der Waals surface area contributed by atoms with Crippen LogP contribution in [-0.4, -0.2) is 25.2 Å². The molecular formula is C8H12N2OS. The largest absolute Gasteiger partial charge is 0.473 e. The van der Waals surface area contributed by atoms with Gasteiger partial charge in [0.1, 0.15) is 0 Å². The maximum absolute atomic E-state index is 5.02. The van der Waals surface area contributed by atoms with Gasteiger partial charge in [0.15, 0.2) is 0 Å². The van der Waals surface area contributed by atoms with Gasteiger partial charge < -0.3 is 10.1 Å². The molecule has 0 unspecified atom stereocenters. The van der Waals surface area contributed by atoms with E-state index in [1.54, 1.807) is 18.4 Å². The zero-order chi connectivity index (χ0) is 8.39. The van der Waals surface area contributed by atoms with E-state index in [1.807, 2.05) is 6.20 Å². The molecule has 3 nitrogen and oxygen atoms in total. The van der Waals surface area contributed by atoms with Crippen molar-refractivity contribution in [1.29, 1.82) is 0 Å². The van der Waals surface area contributed by atoms with E-state index in [4.69, 9.17) is 4.74 Å². The summed E-state index contributed by atoms with van der Waals surface area (Å²) < 4.78 is 5.02. The van der Waals surface area contributed by atoms with E-state index >= 15 is 0 Å². The smallest absolute Gasteiger partial charge is 0.273 e. The first-order chi connectivity index (χ1) is 5.88. The van der Waals surface area contributed by atoms with Gasteiger partial charge in [-0.25, -0.2) is 4.98 Å². The topological polar surface area (TPSA) is 34.1 Å². The molecule has 1 N–H and O–H groups in total. The van der Waals surface area contributed by atoms with Gasteiger partial charge in [0.05, 0.1) is 7.11 Å². The van der Waals surface area contributed by atoms with Crippen molar-refractivity contribution in [3.63, 3.8) is 0 Å². The Morgan fingerprint density at radius 2 is 2.58 bits per heavy atom. The molecule has 1 aromatic rings. The summed E-state index contributed by atoms with van der Waals surface area (Å²) in [5.74, 6) is 0.815. The highest BCUT2D eigenvalue weighted by Crippen LogP contribution is 2.23. The van der Waals surface area contributed by atoms with Gasteiger partial charge >= 0.3 is 0 Å². The average molecular weight is 184 g/mol. The van der Waals surface area contributed by atoms with E-state index in [-0.39, 0.29) is 0 Å². The van der Waals surface area contributed by atoms with Crippen molar-refractivity contribution in [3.05, 3.63) is 11.1 Å². The molecule has 1 fully saturated rings. The molecular weight excluding hydrogens is 172 g/mol. The number of nitrogens with zero attached hydrogens (tertiary/aromatic N) is 1. The zero-order valence-electron chi connectivity index (χ0n) is 7.04. The van der Waals surface area contributed by atoms with Crippen molar-refractivity contribution in [2.24, 2.45) is 5.92 Å². The molecule has 2 rings (SSSR count). The minimum atomic E-state index is 0.775. The molecule has 0 spiro atoms. The molecule has 1 aliphatic heterocycles. The Balaban J connectivity index is 1.93. The van der Waals surface area contributed by atoms with Gasteiger partial charge in [-0.3, -0.25) is 0 Å². The average Bonchev–Trinajstić information content (AvgIpc) is 2.44. The van der Waals surface area contributed by atoms with Crippen LogP contribution in [0, 0.1) is 5.92 Å². The summed E-state index contributed by atoms with van der Waals surface area (Å²) in [7, 11) is 1.66. The highest BCUT2D eigenvalue weighted by Gasteiger charge is 2.18. The molecule has 0 atom stereocenters. The fourth-order valence-corrected chi connectivity index (χ4v) is 2.09. The van der Waals surface area contributed by atoms with Gasteiger partial charge in [0.2, 0.25) is 0 Å². The number of ether oxygens (including phenoxy) is 1.